The van der Waals surface area contributed by atoms with Crippen LogP contribution in [0.1, 0.15) is 15.9 Å². The number of imide groups is 1. The molecule has 1 aromatic carbocycles. The molecule has 0 heterocycles. The Morgan fingerprint density at radius 3 is 2.71 bits per heavy atom. The molecule has 0 atom stereocenters. The van der Waals surface area contributed by atoms with Crippen LogP contribution in [0.15, 0.2) is 30.9 Å². The Morgan fingerprint density at radius 1 is 1.38 bits per heavy atom. The van der Waals surface area contributed by atoms with Gasteiger partial charge in [-0.1, -0.05) is 18.2 Å². The fourth-order valence-electron chi connectivity index (χ4n) is 1.52. The molecule has 0 aliphatic heterocycles. The standard InChI is InChI=1S/C14H16N2O5/c1-3-7-15-14(20)16-11(17)8-21-12-9(2)5-4-6-10(12)13(18)19/h3-6H,1,7-8H2,2H3,(H,18,19)(H2,15,16,17,20). The Bertz CT molecular complexity index is 568. The van der Waals surface area contributed by atoms with Gasteiger partial charge < -0.3 is 15.2 Å². The van der Waals surface area contributed by atoms with Gasteiger partial charge in [-0.25, -0.2) is 9.59 Å². The van der Waals surface area contributed by atoms with Gasteiger partial charge in [0.2, 0.25) is 0 Å². The normalized spacial score (nSPS) is 9.57. The number of para-hydroxylation sites is 1. The smallest absolute Gasteiger partial charge is 0.339 e. The number of carbonyl (C=O) groups excluding carboxylic acids is 2. The van der Waals surface area contributed by atoms with E-state index in [4.69, 9.17) is 9.84 Å². The average molecular weight is 292 g/mol. The number of carboxylic acids is 1. The molecule has 3 amide bonds. The monoisotopic (exact) mass is 292 g/mol. The largest absolute Gasteiger partial charge is 0.483 e. The number of benzene rings is 1. The summed E-state index contributed by atoms with van der Waals surface area (Å²) in [5, 5.41) is 13.5. The van der Waals surface area contributed by atoms with Crippen molar-refractivity contribution in [2.75, 3.05) is 13.2 Å². The molecule has 0 unspecified atom stereocenters. The Labute approximate surface area is 121 Å². The molecule has 3 N–H and O–H groups in total. The minimum absolute atomic E-state index is 0.0427. The van der Waals surface area contributed by atoms with E-state index in [1.165, 1.54) is 12.1 Å². The summed E-state index contributed by atoms with van der Waals surface area (Å²) in [5.74, 6) is -1.74. The third-order valence-corrected chi connectivity index (χ3v) is 2.45. The highest BCUT2D eigenvalue weighted by molar-refractivity contribution is 5.95. The molecule has 0 saturated heterocycles. The van der Waals surface area contributed by atoms with Crippen molar-refractivity contribution in [1.82, 2.24) is 10.6 Å². The fraction of sp³-hybridized carbons (Fsp3) is 0.214. The zero-order chi connectivity index (χ0) is 15.8. The summed E-state index contributed by atoms with van der Waals surface area (Å²) in [6.07, 6.45) is 1.47. The summed E-state index contributed by atoms with van der Waals surface area (Å²) >= 11 is 0. The van der Waals surface area contributed by atoms with Crippen LogP contribution in [0.25, 0.3) is 0 Å². The number of aryl methyl sites for hydroxylation is 1. The topological polar surface area (TPSA) is 105 Å². The molecule has 0 aliphatic rings. The number of hydrogen-bond acceptors (Lipinski definition) is 4. The Hall–Kier alpha value is -2.83. The van der Waals surface area contributed by atoms with Gasteiger partial charge in [-0.05, 0) is 18.6 Å². The Morgan fingerprint density at radius 2 is 2.10 bits per heavy atom. The minimum Gasteiger partial charge on any atom is -0.483 e. The number of aromatic carboxylic acids is 1. The quantitative estimate of drug-likeness (QED) is 0.681. The number of amides is 3. The summed E-state index contributed by atoms with van der Waals surface area (Å²) in [7, 11) is 0. The number of ether oxygens (including phenoxy) is 1. The van der Waals surface area contributed by atoms with Gasteiger partial charge in [0.15, 0.2) is 6.61 Å². The van der Waals surface area contributed by atoms with E-state index >= 15 is 0 Å². The van der Waals surface area contributed by atoms with E-state index in [0.29, 0.717) is 5.56 Å². The van der Waals surface area contributed by atoms with Crippen LogP contribution in [0.3, 0.4) is 0 Å². The van der Waals surface area contributed by atoms with Crippen molar-refractivity contribution in [3.8, 4) is 5.75 Å². The lowest BCUT2D eigenvalue weighted by molar-refractivity contribution is -0.122. The van der Waals surface area contributed by atoms with Crippen molar-refractivity contribution in [1.29, 1.82) is 0 Å². The molecule has 0 aliphatic carbocycles. The first kappa shape index (κ1) is 16.2. The molecule has 0 bridgehead atoms. The second kappa shape index (κ2) is 7.68. The van der Waals surface area contributed by atoms with E-state index in [0.717, 1.165) is 0 Å². The highest BCUT2D eigenvalue weighted by Crippen LogP contribution is 2.23. The van der Waals surface area contributed by atoms with Gasteiger partial charge >= 0.3 is 12.0 Å². The summed E-state index contributed by atoms with van der Waals surface area (Å²) in [6, 6.07) is 3.94. The number of hydrogen-bond donors (Lipinski definition) is 3. The molecule has 0 aromatic heterocycles. The van der Waals surface area contributed by atoms with E-state index < -0.39 is 24.5 Å². The lowest BCUT2D eigenvalue weighted by atomic mass is 10.1. The zero-order valence-electron chi connectivity index (χ0n) is 11.5. The third kappa shape index (κ3) is 4.98. The molecular weight excluding hydrogens is 276 g/mol. The van der Waals surface area contributed by atoms with Crippen LogP contribution in [-0.4, -0.2) is 36.2 Å². The molecule has 0 saturated carbocycles. The maximum absolute atomic E-state index is 11.5. The molecule has 7 heteroatoms. The number of rotatable bonds is 6. The zero-order valence-corrected chi connectivity index (χ0v) is 11.5. The van der Waals surface area contributed by atoms with E-state index in [2.05, 4.69) is 11.9 Å². The maximum Gasteiger partial charge on any atom is 0.339 e. The maximum atomic E-state index is 11.5. The number of urea groups is 1. The van der Waals surface area contributed by atoms with E-state index in [-0.39, 0.29) is 17.9 Å². The van der Waals surface area contributed by atoms with Crippen molar-refractivity contribution in [2.24, 2.45) is 0 Å². The van der Waals surface area contributed by atoms with Gasteiger partial charge in [-0.2, -0.15) is 0 Å². The van der Waals surface area contributed by atoms with Gasteiger partial charge in [0.05, 0.1) is 0 Å². The molecule has 0 radical (unpaired) electrons. The first-order valence-corrected chi connectivity index (χ1v) is 6.10. The van der Waals surface area contributed by atoms with Gasteiger partial charge in [-0.15, -0.1) is 6.58 Å². The van der Waals surface area contributed by atoms with Crippen LogP contribution >= 0.6 is 0 Å². The number of carboxylic acid groups (broad SMARTS) is 1. The molecular formula is C14H16N2O5. The van der Waals surface area contributed by atoms with Crippen LogP contribution in [-0.2, 0) is 4.79 Å². The first-order chi connectivity index (χ1) is 9.95. The molecule has 0 fully saturated rings. The van der Waals surface area contributed by atoms with Crippen molar-refractivity contribution in [3.05, 3.63) is 42.0 Å². The molecule has 7 nitrogen and oxygen atoms in total. The first-order valence-electron chi connectivity index (χ1n) is 6.10. The van der Waals surface area contributed by atoms with E-state index in [1.54, 1.807) is 19.1 Å². The lowest BCUT2D eigenvalue weighted by Crippen LogP contribution is -2.41. The predicted octanol–water partition coefficient (Wildman–Crippen LogP) is 1.08. The summed E-state index contributed by atoms with van der Waals surface area (Å²) in [4.78, 5) is 33.8. The number of carbonyl (C=O) groups is 3. The van der Waals surface area contributed by atoms with Crippen molar-refractivity contribution < 1.29 is 24.2 Å². The van der Waals surface area contributed by atoms with Gasteiger partial charge in [0, 0.05) is 6.54 Å². The number of nitrogens with one attached hydrogen (secondary N) is 2. The second-order valence-electron chi connectivity index (χ2n) is 4.09. The predicted molar refractivity (Wildman–Crippen MR) is 75.4 cm³/mol. The van der Waals surface area contributed by atoms with Crippen LogP contribution in [0.5, 0.6) is 5.75 Å². The summed E-state index contributed by atoms with van der Waals surface area (Å²) < 4.78 is 5.20. The van der Waals surface area contributed by atoms with Gasteiger partial charge in [0.1, 0.15) is 11.3 Å². The Balaban J connectivity index is 2.63. The summed E-state index contributed by atoms with van der Waals surface area (Å²) in [6.45, 7) is 4.84. The van der Waals surface area contributed by atoms with Crippen molar-refractivity contribution >= 4 is 17.9 Å². The third-order valence-electron chi connectivity index (χ3n) is 2.45. The SMILES string of the molecule is C=CCNC(=O)NC(=O)COc1c(C)cccc1C(=O)O. The van der Waals surface area contributed by atoms with Gasteiger partial charge in [0.25, 0.3) is 5.91 Å². The highest BCUT2D eigenvalue weighted by Gasteiger charge is 2.15. The molecule has 112 valence electrons. The molecule has 1 aromatic rings. The molecule has 0 spiro atoms. The average Bonchev–Trinajstić information content (AvgIpc) is 2.43. The van der Waals surface area contributed by atoms with Crippen molar-refractivity contribution in [3.63, 3.8) is 0 Å². The van der Waals surface area contributed by atoms with Crippen LogP contribution in [0.2, 0.25) is 0 Å². The minimum atomic E-state index is -1.15. The van der Waals surface area contributed by atoms with E-state index in [9.17, 15) is 14.4 Å². The summed E-state index contributed by atoms with van der Waals surface area (Å²) in [5.41, 5.74) is 0.540. The fourth-order valence-corrected chi connectivity index (χ4v) is 1.52. The highest BCUT2D eigenvalue weighted by atomic mass is 16.5. The Kier molecular flexibility index (Phi) is 5.94. The lowest BCUT2D eigenvalue weighted by Gasteiger charge is -2.11. The molecule has 21 heavy (non-hydrogen) atoms. The van der Waals surface area contributed by atoms with Crippen molar-refractivity contribution in [2.45, 2.75) is 6.92 Å². The van der Waals surface area contributed by atoms with Gasteiger partial charge in [-0.3, -0.25) is 10.1 Å². The second-order valence-corrected chi connectivity index (χ2v) is 4.09. The van der Waals surface area contributed by atoms with Crippen LogP contribution in [0.4, 0.5) is 4.79 Å². The van der Waals surface area contributed by atoms with Crippen LogP contribution in [0, 0.1) is 6.92 Å². The molecule has 1 rings (SSSR count). The van der Waals surface area contributed by atoms with E-state index in [1.807, 2.05) is 5.32 Å². The van der Waals surface area contributed by atoms with Crippen LogP contribution < -0.4 is 15.4 Å².